The molecule has 0 fully saturated rings. The average Bonchev–Trinajstić information content (AvgIpc) is 2.28. The summed E-state index contributed by atoms with van der Waals surface area (Å²) < 4.78 is 0. The van der Waals surface area contributed by atoms with E-state index in [4.69, 9.17) is 5.11 Å². The Morgan fingerprint density at radius 2 is 2.07 bits per heavy atom. The number of hydrogen-bond donors (Lipinski definition) is 1. The third-order valence-corrected chi connectivity index (χ3v) is 2.37. The molecule has 0 radical (unpaired) electrons. The lowest BCUT2D eigenvalue weighted by molar-refractivity contribution is 0.0988. The summed E-state index contributed by atoms with van der Waals surface area (Å²) in [7, 11) is 1.87. The van der Waals surface area contributed by atoms with Crippen LogP contribution in [0.3, 0.4) is 0 Å². The molecule has 1 rings (SSSR count). The lowest BCUT2D eigenvalue weighted by Gasteiger charge is -2.20. The van der Waals surface area contributed by atoms with Crippen LogP contribution in [0.4, 0.5) is 5.69 Å². The van der Waals surface area contributed by atoms with E-state index < -0.39 is 0 Å². The van der Waals surface area contributed by atoms with Gasteiger partial charge in [0, 0.05) is 31.3 Å². The molecule has 0 atom stereocenters. The maximum atomic E-state index is 11.7. The molecule has 1 N–H and O–H groups in total. The molecule has 0 saturated heterocycles. The third-order valence-electron chi connectivity index (χ3n) is 2.37. The van der Waals surface area contributed by atoms with Gasteiger partial charge in [-0.15, -0.1) is 0 Å². The predicted octanol–water partition coefficient (Wildman–Crippen LogP) is 1.71. The summed E-state index contributed by atoms with van der Waals surface area (Å²) in [6.45, 7) is 2.48. The van der Waals surface area contributed by atoms with Gasteiger partial charge < -0.3 is 10.0 Å². The van der Waals surface area contributed by atoms with Crippen LogP contribution < -0.4 is 4.90 Å². The van der Waals surface area contributed by atoms with Gasteiger partial charge in [0.25, 0.3) is 0 Å². The number of hydrogen-bond acceptors (Lipinski definition) is 3. The van der Waals surface area contributed by atoms with E-state index >= 15 is 0 Å². The molecule has 0 saturated carbocycles. The molecule has 1 aromatic carbocycles. The van der Waals surface area contributed by atoms with Gasteiger partial charge in [0.1, 0.15) is 0 Å². The summed E-state index contributed by atoms with van der Waals surface area (Å²) >= 11 is 0. The number of benzene rings is 1. The molecule has 0 spiro atoms. The fourth-order valence-electron chi connectivity index (χ4n) is 1.50. The van der Waals surface area contributed by atoms with Gasteiger partial charge in [-0.1, -0.05) is 19.1 Å². The number of ketones is 1. The summed E-state index contributed by atoms with van der Waals surface area (Å²) in [6, 6.07) is 7.49. The van der Waals surface area contributed by atoms with Gasteiger partial charge in [-0.2, -0.15) is 0 Å². The van der Waals surface area contributed by atoms with Gasteiger partial charge in [-0.05, 0) is 12.1 Å². The first-order chi connectivity index (χ1) is 7.20. The van der Waals surface area contributed by atoms with Crippen molar-refractivity contribution in [3.8, 4) is 0 Å². The monoisotopic (exact) mass is 207 g/mol. The first kappa shape index (κ1) is 11.7. The Balaban J connectivity index is 3.00. The van der Waals surface area contributed by atoms with E-state index in [1.807, 2.05) is 43.1 Å². The zero-order valence-electron chi connectivity index (χ0n) is 9.23. The second-order valence-corrected chi connectivity index (χ2v) is 3.44. The normalized spacial score (nSPS) is 10.1. The van der Waals surface area contributed by atoms with Crippen molar-refractivity contribution in [3.63, 3.8) is 0 Å². The van der Waals surface area contributed by atoms with Crippen LogP contribution in [0.25, 0.3) is 0 Å². The Hall–Kier alpha value is -1.35. The molecule has 0 unspecified atom stereocenters. The lowest BCUT2D eigenvalue weighted by Crippen LogP contribution is -2.23. The van der Waals surface area contributed by atoms with Gasteiger partial charge in [0.2, 0.25) is 0 Å². The molecule has 0 aliphatic heterocycles. The van der Waals surface area contributed by atoms with Crippen LogP contribution in [0.5, 0.6) is 0 Å². The summed E-state index contributed by atoms with van der Waals surface area (Å²) in [5.74, 6) is 0.135. The molecule has 82 valence electrons. The number of nitrogens with zero attached hydrogens (tertiary/aromatic N) is 1. The minimum absolute atomic E-state index is 0.0884. The van der Waals surface area contributed by atoms with E-state index in [-0.39, 0.29) is 12.4 Å². The van der Waals surface area contributed by atoms with E-state index in [0.717, 1.165) is 11.3 Å². The van der Waals surface area contributed by atoms with Gasteiger partial charge in [-0.25, -0.2) is 0 Å². The fraction of sp³-hybridized carbons (Fsp3) is 0.417. The second kappa shape index (κ2) is 5.51. The number of aliphatic hydroxyl groups is 1. The van der Waals surface area contributed by atoms with E-state index in [1.165, 1.54) is 0 Å². The van der Waals surface area contributed by atoms with Crippen molar-refractivity contribution in [1.29, 1.82) is 0 Å². The molecule has 0 aliphatic rings. The highest BCUT2D eigenvalue weighted by Gasteiger charge is 2.11. The second-order valence-electron chi connectivity index (χ2n) is 3.44. The zero-order chi connectivity index (χ0) is 11.3. The molecule has 0 bridgehead atoms. The Morgan fingerprint density at radius 3 is 2.67 bits per heavy atom. The minimum Gasteiger partial charge on any atom is -0.395 e. The summed E-state index contributed by atoms with van der Waals surface area (Å²) in [6.07, 6.45) is 0.504. The molecular formula is C12H17NO2. The maximum absolute atomic E-state index is 11.7. The lowest BCUT2D eigenvalue weighted by atomic mass is 10.1. The number of para-hydroxylation sites is 1. The SMILES string of the molecule is CCC(=O)c1ccccc1N(C)CCO. The molecule has 0 amide bonds. The topological polar surface area (TPSA) is 40.5 Å². The van der Waals surface area contributed by atoms with Crippen molar-refractivity contribution in [3.05, 3.63) is 29.8 Å². The Kier molecular flexibility index (Phi) is 4.31. The van der Waals surface area contributed by atoms with Crippen LogP contribution >= 0.6 is 0 Å². The van der Waals surface area contributed by atoms with Gasteiger partial charge >= 0.3 is 0 Å². The summed E-state index contributed by atoms with van der Waals surface area (Å²) in [5, 5.41) is 8.86. The highest BCUT2D eigenvalue weighted by molar-refractivity contribution is 6.01. The predicted molar refractivity (Wildman–Crippen MR) is 61.4 cm³/mol. The average molecular weight is 207 g/mol. The first-order valence-electron chi connectivity index (χ1n) is 5.15. The van der Waals surface area contributed by atoms with Gasteiger partial charge in [0.15, 0.2) is 5.78 Å². The van der Waals surface area contributed by atoms with Crippen LogP contribution in [0.1, 0.15) is 23.7 Å². The van der Waals surface area contributed by atoms with Crippen LogP contribution in [0.2, 0.25) is 0 Å². The van der Waals surface area contributed by atoms with Gasteiger partial charge in [0.05, 0.1) is 6.61 Å². The summed E-state index contributed by atoms with van der Waals surface area (Å²) in [4.78, 5) is 13.5. The first-order valence-corrected chi connectivity index (χ1v) is 5.15. The van der Waals surface area contributed by atoms with Crippen LogP contribution in [-0.4, -0.2) is 31.1 Å². The van der Waals surface area contributed by atoms with Crippen molar-refractivity contribution in [2.24, 2.45) is 0 Å². The van der Waals surface area contributed by atoms with Crippen molar-refractivity contribution in [2.45, 2.75) is 13.3 Å². The molecule has 3 nitrogen and oxygen atoms in total. The van der Waals surface area contributed by atoms with Gasteiger partial charge in [-0.3, -0.25) is 4.79 Å². The highest BCUT2D eigenvalue weighted by Crippen LogP contribution is 2.20. The zero-order valence-corrected chi connectivity index (χ0v) is 9.23. The Labute approximate surface area is 90.3 Å². The van der Waals surface area contributed by atoms with E-state index in [2.05, 4.69) is 0 Å². The third kappa shape index (κ3) is 2.80. The fourth-order valence-corrected chi connectivity index (χ4v) is 1.50. The number of likely N-dealkylation sites (N-methyl/N-ethyl adjacent to an activating group) is 1. The van der Waals surface area contributed by atoms with Crippen LogP contribution in [0.15, 0.2) is 24.3 Å². The van der Waals surface area contributed by atoms with E-state index in [9.17, 15) is 4.79 Å². The number of carbonyl (C=O) groups is 1. The molecule has 0 aromatic heterocycles. The molecule has 1 aromatic rings. The Morgan fingerprint density at radius 1 is 1.40 bits per heavy atom. The van der Waals surface area contributed by atoms with E-state index in [1.54, 1.807) is 0 Å². The smallest absolute Gasteiger partial charge is 0.164 e. The number of Topliss-reactive ketones (excluding diaryl/α,β-unsaturated/α-hetero) is 1. The van der Waals surface area contributed by atoms with Crippen LogP contribution in [-0.2, 0) is 0 Å². The largest absolute Gasteiger partial charge is 0.395 e. The van der Waals surface area contributed by atoms with Crippen molar-refractivity contribution in [1.82, 2.24) is 0 Å². The Bertz CT molecular complexity index is 336. The van der Waals surface area contributed by atoms with Crippen molar-refractivity contribution in [2.75, 3.05) is 25.1 Å². The summed E-state index contributed by atoms with van der Waals surface area (Å²) in [5.41, 5.74) is 1.62. The molecule has 15 heavy (non-hydrogen) atoms. The quantitative estimate of drug-likeness (QED) is 0.747. The van der Waals surface area contributed by atoms with Crippen molar-refractivity contribution >= 4 is 11.5 Å². The molecule has 0 heterocycles. The van der Waals surface area contributed by atoms with Crippen LogP contribution in [0, 0.1) is 0 Å². The molecule has 0 aliphatic carbocycles. The highest BCUT2D eigenvalue weighted by atomic mass is 16.3. The number of carbonyl (C=O) groups excluding carboxylic acids is 1. The minimum atomic E-state index is 0.0884. The van der Waals surface area contributed by atoms with Crippen molar-refractivity contribution < 1.29 is 9.90 Å². The standard InChI is InChI=1S/C12H17NO2/c1-3-12(15)10-6-4-5-7-11(10)13(2)8-9-14/h4-7,14H,3,8-9H2,1-2H3. The van der Waals surface area contributed by atoms with E-state index in [0.29, 0.717) is 13.0 Å². The molecular weight excluding hydrogens is 190 g/mol. The number of anilines is 1. The molecule has 3 heteroatoms. The maximum Gasteiger partial charge on any atom is 0.164 e. The number of aliphatic hydroxyl groups excluding tert-OH is 1. The number of rotatable bonds is 5.